The molecular formula is C22H25F2N5O3S. The number of hydrogen-bond acceptors (Lipinski definition) is 7. The zero-order chi connectivity index (χ0) is 24.0. The van der Waals surface area contributed by atoms with Gasteiger partial charge in [0.1, 0.15) is 18.1 Å². The van der Waals surface area contributed by atoms with E-state index in [0.29, 0.717) is 22.4 Å². The van der Waals surface area contributed by atoms with Gasteiger partial charge in [-0.05, 0) is 47.4 Å². The second-order valence-corrected chi connectivity index (χ2v) is 9.01. The lowest BCUT2D eigenvalue weighted by Gasteiger charge is -2.19. The minimum Gasteiger partial charge on any atom is -0.486 e. The van der Waals surface area contributed by atoms with Crippen LogP contribution in [0.3, 0.4) is 0 Å². The van der Waals surface area contributed by atoms with Crippen LogP contribution in [0.5, 0.6) is 11.5 Å². The molecule has 0 saturated heterocycles. The monoisotopic (exact) mass is 477 g/mol. The van der Waals surface area contributed by atoms with E-state index in [1.54, 1.807) is 0 Å². The zero-order valence-corrected chi connectivity index (χ0v) is 19.2. The molecule has 0 bridgehead atoms. The number of nitrogens with one attached hydrogen (secondary N) is 1. The van der Waals surface area contributed by atoms with Gasteiger partial charge in [0.15, 0.2) is 5.82 Å². The average Bonchev–Trinajstić information content (AvgIpc) is 3.11. The molecule has 0 unspecified atom stereocenters. The summed E-state index contributed by atoms with van der Waals surface area (Å²) >= 11 is 1.11. The Morgan fingerprint density at radius 1 is 1.09 bits per heavy atom. The highest BCUT2D eigenvalue weighted by Gasteiger charge is 2.15. The Labute approximate surface area is 194 Å². The molecule has 3 aromatic rings. The number of amides is 1. The summed E-state index contributed by atoms with van der Waals surface area (Å²) in [5.74, 6) is 6.84. The van der Waals surface area contributed by atoms with Crippen molar-refractivity contribution in [2.24, 2.45) is 0 Å². The minimum atomic E-state index is -2.90. The number of aromatic nitrogens is 3. The van der Waals surface area contributed by atoms with E-state index in [1.807, 2.05) is 24.3 Å². The van der Waals surface area contributed by atoms with Crippen LogP contribution >= 0.6 is 11.8 Å². The smallest absolute Gasteiger partial charge is 0.387 e. The Morgan fingerprint density at radius 2 is 1.73 bits per heavy atom. The molecule has 3 rings (SSSR count). The fourth-order valence-electron chi connectivity index (χ4n) is 2.75. The Balaban J connectivity index is 1.48. The van der Waals surface area contributed by atoms with Crippen LogP contribution in [0.15, 0.2) is 53.7 Å². The summed E-state index contributed by atoms with van der Waals surface area (Å²) in [7, 11) is 0. The number of alkyl halides is 2. The van der Waals surface area contributed by atoms with E-state index in [4.69, 9.17) is 10.6 Å². The molecule has 1 heterocycles. The summed E-state index contributed by atoms with van der Waals surface area (Å²) < 4.78 is 35.7. The number of rotatable bonds is 9. The van der Waals surface area contributed by atoms with E-state index in [2.05, 4.69) is 41.0 Å². The third-order valence-corrected chi connectivity index (χ3v) is 5.46. The minimum absolute atomic E-state index is 0.00787. The van der Waals surface area contributed by atoms with E-state index < -0.39 is 6.61 Å². The second-order valence-electron chi connectivity index (χ2n) is 8.07. The van der Waals surface area contributed by atoms with E-state index in [9.17, 15) is 13.6 Å². The first-order valence-corrected chi connectivity index (χ1v) is 11.0. The van der Waals surface area contributed by atoms with Crippen LogP contribution < -0.4 is 20.6 Å². The van der Waals surface area contributed by atoms with Crippen LogP contribution in [-0.2, 0) is 16.8 Å². The normalized spacial score (nSPS) is 11.5. The summed E-state index contributed by atoms with van der Waals surface area (Å²) in [5, 5.41) is 11.0. The maximum atomic E-state index is 12.2. The summed E-state index contributed by atoms with van der Waals surface area (Å²) in [5.41, 5.74) is 1.70. The fourth-order valence-corrected chi connectivity index (χ4v) is 3.43. The molecule has 176 valence electrons. The number of thioether (sulfide) groups is 1. The fraction of sp³-hybridized carbons (Fsp3) is 0.318. The molecule has 3 N–H and O–H groups in total. The van der Waals surface area contributed by atoms with Gasteiger partial charge in [0.2, 0.25) is 11.1 Å². The highest BCUT2D eigenvalue weighted by Crippen LogP contribution is 2.25. The first-order chi connectivity index (χ1) is 15.6. The molecule has 0 aliphatic heterocycles. The maximum absolute atomic E-state index is 12.2. The number of carbonyl (C=O) groups excluding carboxylic acids is 1. The first kappa shape index (κ1) is 24.3. The highest BCUT2D eigenvalue weighted by atomic mass is 32.2. The van der Waals surface area contributed by atoms with Crippen molar-refractivity contribution >= 4 is 23.4 Å². The summed E-state index contributed by atoms with van der Waals surface area (Å²) in [6, 6.07) is 13.4. The standard InChI is InChI=1S/C22H25F2N5O3S/c1-22(2,3)14-4-8-16(9-5-14)31-12-18-27-28-21(29(18)25)33-13-19(30)26-15-6-10-17(11-7-15)32-20(23)24/h4-11,20H,12-13,25H2,1-3H3,(H,26,30). The lowest BCUT2D eigenvalue weighted by Crippen LogP contribution is -2.18. The van der Waals surface area contributed by atoms with Crippen LogP contribution in [-0.4, -0.2) is 33.1 Å². The van der Waals surface area contributed by atoms with Crippen molar-refractivity contribution in [1.82, 2.24) is 14.9 Å². The maximum Gasteiger partial charge on any atom is 0.387 e. The Hall–Kier alpha value is -3.34. The van der Waals surface area contributed by atoms with Crippen molar-refractivity contribution in [3.8, 4) is 11.5 Å². The van der Waals surface area contributed by atoms with Crippen molar-refractivity contribution in [2.45, 2.75) is 44.6 Å². The molecule has 2 aromatic carbocycles. The number of anilines is 1. The van der Waals surface area contributed by atoms with Crippen LogP contribution in [0.2, 0.25) is 0 Å². The number of nitrogen functional groups attached to an aromatic ring is 1. The summed E-state index contributed by atoms with van der Waals surface area (Å²) in [6.07, 6.45) is 0. The number of benzene rings is 2. The van der Waals surface area contributed by atoms with Crippen LogP contribution in [0.4, 0.5) is 14.5 Å². The summed E-state index contributed by atoms with van der Waals surface area (Å²) in [4.78, 5) is 12.2. The SMILES string of the molecule is CC(C)(C)c1ccc(OCc2nnc(SCC(=O)Nc3ccc(OC(F)F)cc3)n2N)cc1. The van der Waals surface area contributed by atoms with Gasteiger partial charge in [0.25, 0.3) is 0 Å². The van der Waals surface area contributed by atoms with E-state index in [0.717, 1.165) is 11.8 Å². The van der Waals surface area contributed by atoms with Gasteiger partial charge in [0, 0.05) is 5.69 Å². The number of nitrogens with two attached hydrogens (primary N) is 1. The molecule has 33 heavy (non-hydrogen) atoms. The molecule has 0 atom stereocenters. The summed E-state index contributed by atoms with van der Waals surface area (Å²) in [6.45, 7) is 3.64. The zero-order valence-electron chi connectivity index (χ0n) is 18.4. The number of nitrogens with zero attached hydrogens (tertiary/aromatic N) is 3. The van der Waals surface area contributed by atoms with E-state index in [1.165, 1.54) is 34.5 Å². The van der Waals surface area contributed by atoms with Gasteiger partial charge >= 0.3 is 6.61 Å². The van der Waals surface area contributed by atoms with E-state index >= 15 is 0 Å². The molecule has 0 aliphatic carbocycles. The van der Waals surface area contributed by atoms with Crippen molar-refractivity contribution in [1.29, 1.82) is 0 Å². The quantitative estimate of drug-likeness (QED) is 0.352. The Morgan fingerprint density at radius 3 is 2.33 bits per heavy atom. The molecule has 1 aromatic heterocycles. The lowest BCUT2D eigenvalue weighted by molar-refractivity contribution is -0.113. The second kappa shape index (κ2) is 10.5. The predicted molar refractivity (Wildman–Crippen MR) is 122 cm³/mol. The molecular weight excluding hydrogens is 452 g/mol. The Kier molecular flexibility index (Phi) is 7.75. The molecule has 0 fully saturated rings. The third-order valence-electron chi connectivity index (χ3n) is 4.52. The molecule has 0 spiro atoms. The van der Waals surface area contributed by atoms with Crippen LogP contribution in [0, 0.1) is 0 Å². The van der Waals surface area contributed by atoms with Gasteiger partial charge in [-0.15, -0.1) is 10.2 Å². The predicted octanol–water partition coefficient (Wildman–Crippen LogP) is 4.20. The topological polar surface area (TPSA) is 104 Å². The van der Waals surface area contributed by atoms with Gasteiger partial charge in [-0.25, -0.2) is 4.68 Å². The van der Waals surface area contributed by atoms with E-state index in [-0.39, 0.29) is 29.4 Å². The van der Waals surface area contributed by atoms with Crippen molar-refractivity contribution < 1.29 is 23.0 Å². The van der Waals surface area contributed by atoms with Crippen LogP contribution in [0.1, 0.15) is 32.2 Å². The molecule has 0 saturated carbocycles. The molecule has 1 amide bonds. The molecule has 11 heteroatoms. The third kappa shape index (κ3) is 7.07. The number of hydrogen-bond donors (Lipinski definition) is 2. The van der Waals surface area contributed by atoms with Crippen molar-refractivity contribution in [2.75, 3.05) is 16.9 Å². The molecule has 0 aliphatic rings. The van der Waals surface area contributed by atoms with Crippen molar-refractivity contribution in [3.05, 3.63) is 59.9 Å². The Bertz CT molecular complexity index is 1070. The number of carbonyl (C=O) groups is 1. The number of halogens is 2. The average molecular weight is 478 g/mol. The van der Waals surface area contributed by atoms with Gasteiger partial charge in [0.05, 0.1) is 5.75 Å². The van der Waals surface area contributed by atoms with Crippen LogP contribution in [0.25, 0.3) is 0 Å². The molecule has 0 radical (unpaired) electrons. The molecule has 8 nitrogen and oxygen atoms in total. The first-order valence-electron chi connectivity index (χ1n) is 10.0. The van der Waals surface area contributed by atoms with Gasteiger partial charge in [-0.2, -0.15) is 8.78 Å². The van der Waals surface area contributed by atoms with Gasteiger partial charge in [-0.1, -0.05) is 44.7 Å². The van der Waals surface area contributed by atoms with Crippen molar-refractivity contribution in [3.63, 3.8) is 0 Å². The van der Waals surface area contributed by atoms with Gasteiger partial charge < -0.3 is 20.6 Å². The number of ether oxygens (including phenoxy) is 2. The lowest BCUT2D eigenvalue weighted by atomic mass is 9.87. The highest BCUT2D eigenvalue weighted by molar-refractivity contribution is 7.99. The van der Waals surface area contributed by atoms with Gasteiger partial charge in [-0.3, -0.25) is 4.79 Å². The largest absolute Gasteiger partial charge is 0.486 e.